The molecule has 34 heavy (non-hydrogen) atoms. The molecular weight excluding hydrogens is 428 g/mol. The van der Waals surface area contributed by atoms with Gasteiger partial charge in [0.05, 0.1) is 41.6 Å². The smallest absolute Gasteiger partial charge is 0.248 e. The first-order valence-corrected chi connectivity index (χ1v) is 10.3. The van der Waals surface area contributed by atoms with Gasteiger partial charge in [-0.15, -0.1) is 0 Å². The Kier molecular flexibility index (Phi) is 5.16. The SMILES string of the molecule is C=CC(=O)Nc1cnc(-c2ccc(-c3cc(-c4cnn(C)c4)cn4ncc(C#N)c34)cc2)cn1. The molecule has 1 amide bonds. The first-order chi connectivity index (χ1) is 16.6. The lowest BCUT2D eigenvalue weighted by Crippen LogP contribution is -2.09. The van der Waals surface area contributed by atoms with Crippen LogP contribution >= 0.6 is 0 Å². The van der Waals surface area contributed by atoms with Crippen LogP contribution in [0, 0.1) is 11.3 Å². The molecule has 0 saturated carbocycles. The topological polar surface area (TPSA) is 114 Å². The van der Waals surface area contributed by atoms with E-state index in [-0.39, 0.29) is 5.91 Å². The molecule has 0 radical (unpaired) electrons. The van der Waals surface area contributed by atoms with Crippen molar-refractivity contribution in [2.75, 3.05) is 5.32 Å². The number of aromatic nitrogens is 6. The van der Waals surface area contributed by atoms with Gasteiger partial charge in [0.1, 0.15) is 6.07 Å². The largest absolute Gasteiger partial charge is 0.306 e. The van der Waals surface area contributed by atoms with Crippen LogP contribution in [0.15, 0.2) is 80.2 Å². The van der Waals surface area contributed by atoms with Crippen LogP contribution in [0.3, 0.4) is 0 Å². The lowest BCUT2D eigenvalue weighted by Gasteiger charge is -2.10. The molecule has 5 aromatic rings. The molecule has 0 spiro atoms. The third-order valence-electron chi connectivity index (χ3n) is 5.35. The summed E-state index contributed by atoms with van der Waals surface area (Å²) in [5.41, 5.74) is 6.48. The molecule has 0 aliphatic heterocycles. The summed E-state index contributed by atoms with van der Waals surface area (Å²) in [7, 11) is 1.87. The number of aryl methyl sites for hydroxylation is 1. The Morgan fingerprint density at radius 3 is 2.44 bits per heavy atom. The summed E-state index contributed by atoms with van der Waals surface area (Å²) in [6.45, 7) is 3.42. The van der Waals surface area contributed by atoms with E-state index >= 15 is 0 Å². The lowest BCUT2D eigenvalue weighted by atomic mass is 9.98. The fraction of sp³-hybridized carbons (Fsp3) is 0.0400. The zero-order valence-corrected chi connectivity index (χ0v) is 18.2. The molecule has 0 bridgehead atoms. The first-order valence-electron chi connectivity index (χ1n) is 10.3. The number of fused-ring (bicyclic) bond motifs is 1. The number of hydrogen-bond donors (Lipinski definition) is 1. The van der Waals surface area contributed by atoms with E-state index in [2.05, 4.69) is 38.1 Å². The molecular formula is C25H18N8O. The third-order valence-corrected chi connectivity index (χ3v) is 5.35. The van der Waals surface area contributed by atoms with E-state index in [1.54, 1.807) is 27.8 Å². The standard InChI is InChI=1S/C25H18N8O/c1-3-24(34)31-23-13-27-22(12-28-23)17-6-4-16(5-7-17)21-8-18(20-11-29-32(2)14-20)15-33-25(21)19(9-26)10-30-33/h3-8,10-15H,1H2,2H3,(H,28,31,34). The number of nitrogens with zero attached hydrogens (tertiary/aromatic N) is 7. The second-order valence-electron chi connectivity index (χ2n) is 7.57. The van der Waals surface area contributed by atoms with E-state index in [0.29, 0.717) is 17.1 Å². The number of rotatable bonds is 5. The minimum absolute atomic E-state index is 0.345. The Balaban J connectivity index is 1.54. The number of amides is 1. The van der Waals surface area contributed by atoms with E-state index < -0.39 is 0 Å². The maximum absolute atomic E-state index is 11.4. The number of carbonyl (C=O) groups excluding carboxylic acids is 1. The van der Waals surface area contributed by atoms with Crippen LogP contribution in [0.4, 0.5) is 5.82 Å². The maximum atomic E-state index is 11.4. The van der Waals surface area contributed by atoms with Crippen LogP contribution in [0.25, 0.3) is 39.0 Å². The van der Waals surface area contributed by atoms with Crippen LogP contribution in [-0.4, -0.2) is 35.3 Å². The van der Waals surface area contributed by atoms with Gasteiger partial charge in [0.2, 0.25) is 5.91 Å². The van der Waals surface area contributed by atoms with Crippen molar-refractivity contribution in [3.63, 3.8) is 0 Å². The van der Waals surface area contributed by atoms with E-state index in [1.807, 2.05) is 49.8 Å². The zero-order valence-electron chi connectivity index (χ0n) is 18.2. The molecule has 1 N–H and O–H groups in total. The second-order valence-corrected chi connectivity index (χ2v) is 7.57. The van der Waals surface area contributed by atoms with Gasteiger partial charge < -0.3 is 5.32 Å². The Labute approximate surface area is 194 Å². The van der Waals surface area contributed by atoms with Gasteiger partial charge in [0, 0.05) is 41.7 Å². The van der Waals surface area contributed by atoms with Gasteiger partial charge in [-0.3, -0.25) is 14.5 Å². The van der Waals surface area contributed by atoms with Crippen molar-refractivity contribution in [3.8, 4) is 39.6 Å². The van der Waals surface area contributed by atoms with Crippen molar-refractivity contribution >= 4 is 17.2 Å². The minimum Gasteiger partial charge on any atom is -0.306 e. The number of hydrogen-bond acceptors (Lipinski definition) is 6. The number of benzene rings is 1. The van der Waals surface area contributed by atoms with Gasteiger partial charge >= 0.3 is 0 Å². The van der Waals surface area contributed by atoms with Crippen LogP contribution in [0.5, 0.6) is 0 Å². The van der Waals surface area contributed by atoms with Gasteiger partial charge in [-0.05, 0) is 17.7 Å². The molecule has 9 heteroatoms. The molecule has 4 aromatic heterocycles. The quantitative estimate of drug-likeness (QED) is 0.410. The summed E-state index contributed by atoms with van der Waals surface area (Å²) in [5, 5.41) is 20.8. The van der Waals surface area contributed by atoms with Gasteiger partial charge in [0.15, 0.2) is 5.82 Å². The molecule has 0 atom stereocenters. The van der Waals surface area contributed by atoms with Gasteiger partial charge in [-0.1, -0.05) is 30.8 Å². The fourth-order valence-electron chi connectivity index (χ4n) is 3.69. The van der Waals surface area contributed by atoms with E-state index in [0.717, 1.165) is 33.3 Å². The minimum atomic E-state index is -0.345. The molecule has 1 aromatic carbocycles. The third kappa shape index (κ3) is 3.80. The highest BCUT2D eigenvalue weighted by molar-refractivity contribution is 5.98. The van der Waals surface area contributed by atoms with Crippen LogP contribution in [-0.2, 0) is 11.8 Å². The summed E-state index contributed by atoms with van der Waals surface area (Å²) in [5.74, 6) is 0.00693. The van der Waals surface area contributed by atoms with Crippen molar-refractivity contribution in [2.24, 2.45) is 7.05 Å². The van der Waals surface area contributed by atoms with E-state index in [9.17, 15) is 10.1 Å². The number of carbonyl (C=O) groups is 1. The predicted octanol–water partition coefficient (Wildman–Crippen LogP) is 3.85. The Hall–Kier alpha value is -5.10. The molecule has 0 fully saturated rings. The molecule has 0 aliphatic rings. The first kappa shape index (κ1) is 20.8. The van der Waals surface area contributed by atoms with Crippen LogP contribution in [0.2, 0.25) is 0 Å². The van der Waals surface area contributed by atoms with E-state index in [1.165, 1.54) is 12.3 Å². The Morgan fingerprint density at radius 2 is 1.79 bits per heavy atom. The highest BCUT2D eigenvalue weighted by Crippen LogP contribution is 2.33. The molecule has 164 valence electrons. The summed E-state index contributed by atoms with van der Waals surface area (Å²) in [6.07, 6.45) is 11.5. The van der Waals surface area contributed by atoms with Crippen molar-refractivity contribution < 1.29 is 4.79 Å². The van der Waals surface area contributed by atoms with Crippen molar-refractivity contribution in [3.05, 3.63) is 85.7 Å². The molecule has 0 unspecified atom stereocenters. The average molecular weight is 446 g/mol. The summed E-state index contributed by atoms with van der Waals surface area (Å²) < 4.78 is 3.47. The molecule has 5 rings (SSSR count). The molecule has 0 saturated heterocycles. The zero-order chi connectivity index (χ0) is 23.7. The summed E-state index contributed by atoms with van der Waals surface area (Å²) in [4.78, 5) is 20.0. The number of anilines is 1. The average Bonchev–Trinajstić information content (AvgIpc) is 3.50. The fourth-order valence-corrected chi connectivity index (χ4v) is 3.69. The molecule has 4 heterocycles. The van der Waals surface area contributed by atoms with Gasteiger partial charge in [-0.2, -0.15) is 15.5 Å². The summed E-state index contributed by atoms with van der Waals surface area (Å²) in [6, 6.07) is 12.1. The molecule has 9 nitrogen and oxygen atoms in total. The number of nitrogens with one attached hydrogen (secondary N) is 1. The number of pyridine rings is 1. The molecule has 0 aliphatic carbocycles. The van der Waals surface area contributed by atoms with Crippen LogP contribution in [0.1, 0.15) is 5.56 Å². The monoisotopic (exact) mass is 446 g/mol. The van der Waals surface area contributed by atoms with Gasteiger partial charge in [-0.25, -0.2) is 9.50 Å². The summed E-state index contributed by atoms with van der Waals surface area (Å²) >= 11 is 0. The highest BCUT2D eigenvalue weighted by Gasteiger charge is 2.15. The Morgan fingerprint density at radius 1 is 1.00 bits per heavy atom. The van der Waals surface area contributed by atoms with Gasteiger partial charge in [0.25, 0.3) is 0 Å². The normalized spacial score (nSPS) is 10.7. The van der Waals surface area contributed by atoms with Crippen molar-refractivity contribution in [1.82, 2.24) is 29.4 Å². The lowest BCUT2D eigenvalue weighted by molar-refractivity contribution is -0.111. The number of nitriles is 1. The Bertz CT molecular complexity index is 1570. The van der Waals surface area contributed by atoms with Crippen molar-refractivity contribution in [1.29, 1.82) is 5.26 Å². The second kappa shape index (κ2) is 8.44. The van der Waals surface area contributed by atoms with Crippen molar-refractivity contribution in [2.45, 2.75) is 0 Å². The van der Waals surface area contributed by atoms with Crippen LogP contribution < -0.4 is 5.32 Å². The maximum Gasteiger partial charge on any atom is 0.248 e. The predicted molar refractivity (Wildman–Crippen MR) is 127 cm³/mol. The van der Waals surface area contributed by atoms with E-state index in [4.69, 9.17) is 0 Å². The highest BCUT2D eigenvalue weighted by atomic mass is 16.1.